The maximum absolute atomic E-state index is 12.1. The highest BCUT2D eigenvalue weighted by atomic mass is 35.5. The maximum Gasteiger partial charge on any atom is 0.324 e. The number of carboxylic acid groups (broad SMARTS) is 2. The van der Waals surface area contributed by atoms with Crippen molar-refractivity contribution >= 4 is 47.1 Å². The molecule has 0 aromatic carbocycles. The van der Waals surface area contributed by atoms with E-state index in [1.807, 2.05) is 27.7 Å². The molecule has 0 fully saturated rings. The Kier molecular flexibility index (Phi) is 11.0. The van der Waals surface area contributed by atoms with Crippen molar-refractivity contribution in [3.8, 4) is 0 Å². The second-order valence-electron chi connectivity index (χ2n) is 10.4. The molecule has 0 amide bonds. The van der Waals surface area contributed by atoms with Crippen molar-refractivity contribution in [3.63, 3.8) is 0 Å². The van der Waals surface area contributed by atoms with E-state index in [2.05, 4.69) is 0 Å². The van der Waals surface area contributed by atoms with Gasteiger partial charge in [-0.2, -0.15) is 0 Å². The monoisotopic (exact) mass is 572 g/mol. The summed E-state index contributed by atoms with van der Waals surface area (Å²) in [5.74, 6) is -5.19. The Bertz CT molecular complexity index is 1060. The lowest BCUT2D eigenvalue weighted by atomic mass is 9.74. The molecule has 8 nitrogen and oxygen atoms in total. The van der Waals surface area contributed by atoms with Crippen LogP contribution in [0.1, 0.15) is 68.2 Å². The summed E-state index contributed by atoms with van der Waals surface area (Å²) < 4.78 is 9.46. The molecule has 10 heteroatoms. The fraction of sp³-hybridized carbons (Fsp3) is 0.571. The molecule has 0 bridgehead atoms. The minimum atomic E-state index is -1.64. The quantitative estimate of drug-likeness (QED) is 0.217. The molecule has 0 aromatic rings. The second-order valence-corrected chi connectivity index (χ2v) is 11.2. The van der Waals surface area contributed by atoms with E-state index in [1.54, 1.807) is 27.7 Å². The number of esters is 2. The van der Waals surface area contributed by atoms with Crippen molar-refractivity contribution in [2.75, 3.05) is 14.2 Å². The average Bonchev–Trinajstić information content (AvgIpc) is 3.28. The summed E-state index contributed by atoms with van der Waals surface area (Å²) in [6, 6.07) is 0. The molecule has 0 aromatic heterocycles. The van der Waals surface area contributed by atoms with Gasteiger partial charge in [-0.25, -0.2) is 0 Å². The van der Waals surface area contributed by atoms with Gasteiger partial charge >= 0.3 is 23.9 Å². The lowest BCUT2D eigenvalue weighted by Crippen LogP contribution is -2.44. The van der Waals surface area contributed by atoms with E-state index >= 15 is 0 Å². The highest BCUT2D eigenvalue weighted by molar-refractivity contribution is 6.31. The Morgan fingerprint density at radius 2 is 0.947 bits per heavy atom. The molecular formula is C28H38Cl2O8. The Morgan fingerprint density at radius 3 is 1.13 bits per heavy atom. The molecule has 2 rings (SSSR count). The van der Waals surface area contributed by atoms with Crippen LogP contribution < -0.4 is 0 Å². The first-order valence-corrected chi connectivity index (χ1v) is 12.8. The predicted molar refractivity (Wildman–Crippen MR) is 146 cm³/mol. The zero-order chi connectivity index (χ0) is 29.9. The zero-order valence-corrected chi connectivity index (χ0v) is 25.2. The van der Waals surface area contributed by atoms with Gasteiger partial charge in [0.25, 0.3) is 0 Å². The van der Waals surface area contributed by atoms with Crippen LogP contribution in [0.5, 0.6) is 0 Å². The molecule has 0 saturated heterocycles. The minimum absolute atomic E-state index is 0.134. The first-order valence-electron chi connectivity index (χ1n) is 12.0. The van der Waals surface area contributed by atoms with Crippen LogP contribution >= 0.6 is 23.2 Å². The third-order valence-electron chi connectivity index (χ3n) is 7.61. The van der Waals surface area contributed by atoms with Gasteiger partial charge < -0.3 is 19.7 Å². The minimum Gasteiger partial charge on any atom is -0.480 e. The van der Waals surface area contributed by atoms with Crippen LogP contribution in [-0.2, 0) is 28.7 Å². The Labute approximate surface area is 234 Å². The van der Waals surface area contributed by atoms with Crippen LogP contribution in [0.2, 0.25) is 0 Å². The van der Waals surface area contributed by atoms with E-state index in [0.29, 0.717) is 10.1 Å². The third kappa shape index (κ3) is 5.57. The first-order chi connectivity index (χ1) is 17.4. The van der Waals surface area contributed by atoms with Crippen LogP contribution in [-0.4, -0.2) is 48.3 Å². The number of hydrogen-bond acceptors (Lipinski definition) is 6. The summed E-state index contributed by atoms with van der Waals surface area (Å²) in [7, 11) is 2.40. The standard InChI is InChI=1S/2C14H19ClO4/c2*1-7(2)11(15)10-9(4)8(3)6-14(10,12(16)17)13(18)19-5/h2*10H,6H2,1-5H3,(H,16,17)/t2*10-,14-/m00/s1. The van der Waals surface area contributed by atoms with Gasteiger partial charge in [0.2, 0.25) is 0 Å². The molecule has 4 atom stereocenters. The normalized spacial score (nSPS) is 26.3. The summed E-state index contributed by atoms with van der Waals surface area (Å²) in [6.45, 7) is 14.5. The molecule has 0 heterocycles. The summed E-state index contributed by atoms with van der Waals surface area (Å²) in [5, 5.41) is 20.0. The molecule has 38 heavy (non-hydrogen) atoms. The molecule has 0 aliphatic heterocycles. The highest BCUT2D eigenvalue weighted by Crippen LogP contribution is 2.54. The molecule has 0 saturated carbocycles. The van der Waals surface area contributed by atoms with E-state index in [1.165, 1.54) is 14.2 Å². The number of carbonyl (C=O) groups excluding carboxylic acids is 2. The van der Waals surface area contributed by atoms with Gasteiger partial charge in [-0.3, -0.25) is 19.2 Å². The van der Waals surface area contributed by atoms with Crippen LogP contribution in [0.4, 0.5) is 0 Å². The van der Waals surface area contributed by atoms with Crippen LogP contribution in [0.15, 0.2) is 43.5 Å². The Morgan fingerprint density at radius 1 is 0.684 bits per heavy atom. The number of allylic oxidation sites excluding steroid dienone is 8. The van der Waals surface area contributed by atoms with Crippen LogP contribution in [0.25, 0.3) is 0 Å². The van der Waals surface area contributed by atoms with E-state index < -0.39 is 46.5 Å². The van der Waals surface area contributed by atoms with Crippen molar-refractivity contribution < 1.29 is 38.9 Å². The summed E-state index contributed by atoms with van der Waals surface area (Å²) in [5.41, 5.74) is 1.73. The highest BCUT2D eigenvalue weighted by Gasteiger charge is 2.60. The van der Waals surface area contributed by atoms with Gasteiger partial charge in [-0.05, 0) is 68.2 Å². The predicted octanol–water partition coefficient (Wildman–Crippen LogP) is 6.24. The number of hydrogen-bond donors (Lipinski definition) is 2. The summed E-state index contributed by atoms with van der Waals surface area (Å²) >= 11 is 12.6. The first kappa shape index (κ1) is 33.4. The van der Waals surface area contributed by atoms with E-state index in [0.717, 1.165) is 33.4 Å². The smallest absolute Gasteiger partial charge is 0.324 e. The van der Waals surface area contributed by atoms with E-state index in [9.17, 15) is 29.4 Å². The molecule has 0 unspecified atom stereocenters. The van der Waals surface area contributed by atoms with Gasteiger partial charge in [0.05, 0.1) is 14.2 Å². The summed E-state index contributed by atoms with van der Waals surface area (Å²) in [4.78, 5) is 47.7. The lowest BCUT2D eigenvalue weighted by Gasteiger charge is -2.30. The fourth-order valence-corrected chi connectivity index (χ4v) is 5.96. The number of carbonyl (C=O) groups is 4. The van der Waals surface area contributed by atoms with Gasteiger partial charge in [-0.1, -0.05) is 56.6 Å². The van der Waals surface area contributed by atoms with Gasteiger partial charge in [0.1, 0.15) is 0 Å². The number of ether oxygens (including phenoxy) is 2. The van der Waals surface area contributed by atoms with Crippen molar-refractivity contribution in [2.24, 2.45) is 22.7 Å². The second kappa shape index (κ2) is 12.5. The fourth-order valence-electron chi connectivity index (χ4n) is 5.26. The van der Waals surface area contributed by atoms with Crippen molar-refractivity contribution in [2.45, 2.75) is 68.2 Å². The van der Waals surface area contributed by atoms with Crippen LogP contribution in [0.3, 0.4) is 0 Å². The number of aliphatic carboxylic acids is 2. The van der Waals surface area contributed by atoms with Crippen molar-refractivity contribution in [1.82, 2.24) is 0 Å². The van der Waals surface area contributed by atoms with Gasteiger partial charge in [0.15, 0.2) is 10.8 Å². The van der Waals surface area contributed by atoms with Crippen molar-refractivity contribution in [3.05, 3.63) is 43.5 Å². The molecule has 2 aliphatic rings. The molecule has 2 aliphatic carbocycles. The molecule has 212 valence electrons. The SMILES string of the molecule is COC(=O)[C@@]1(C(=O)O)CC(C)=C(C)[C@H]1C(Cl)=C(C)C.COC(=O)[C@@]1(C(=O)O)CC(C)=C(C)[C@H]1C(Cl)=C(C)C. The molecule has 2 N–H and O–H groups in total. The Hall–Kier alpha value is -2.58. The Balaban J connectivity index is 0.000000380. The van der Waals surface area contributed by atoms with Gasteiger partial charge in [0, 0.05) is 21.9 Å². The lowest BCUT2D eigenvalue weighted by molar-refractivity contribution is -0.170. The molecule has 0 radical (unpaired) electrons. The topological polar surface area (TPSA) is 127 Å². The van der Waals surface area contributed by atoms with E-state index in [4.69, 9.17) is 32.7 Å². The number of carboxylic acids is 2. The zero-order valence-electron chi connectivity index (χ0n) is 23.7. The molecular weight excluding hydrogens is 535 g/mol. The average molecular weight is 574 g/mol. The summed E-state index contributed by atoms with van der Waals surface area (Å²) in [6.07, 6.45) is 0.268. The third-order valence-corrected chi connectivity index (χ3v) is 8.80. The maximum atomic E-state index is 12.1. The number of halogens is 2. The van der Waals surface area contributed by atoms with Gasteiger partial charge in [-0.15, -0.1) is 0 Å². The largest absolute Gasteiger partial charge is 0.480 e. The van der Waals surface area contributed by atoms with Crippen molar-refractivity contribution in [1.29, 1.82) is 0 Å². The number of methoxy groups -OCH3 is 2. The molecule has 0 spiro atoms. The van der Waals surface area contributed by atoms with Crippen LogP contribution in [0, 0.1) is 22.7 Å². The van der Waals surface area contributed by atoms with E-state index in [-0.39, 0.29) is 12.8 Å². The number of rotatable bonds is 6.